The average Bonchev–Trinajstić information content (AvgIpc) is 2.84. The summed E-state index contributed by atoms with van der Waals surface area (Å²) in [5.41, 5.74) is 4.16. The molecule has 2 aliphatic rings. The molecule has 0 aromatic heterocycles. The van der Waals surface area contributed by atoms with Crippen molar-refractivity contribution in [3.63, 3.8) is 0 Å². The quantitative estimate of drug-likeness (QED) is 0.510. The summed E-state index contributed by atoms with van der Waals surface area (Å²) in [6.45, 7) is 0. The molecule has 1 aliphatic carbocycles. The molecule has 0 bridgehead atoms. The van der Waals surface area contributed by atoms with Crippen LogP contribution in [-0.2, 0) is 0 Å². The van der Waals surface area contributed by atoms with E-state index in [9.17, 15) is 0 Å². The second-order valence-electron chi connectivity index (χ2n) is 4.81. The molecule has 1 aromatic carbocycles. The summed E-state index contributed by atoms with van der Waals surface area (Å²) in [5.74, 6) is 0. The third-order valence-corrected chi connectivity index (χ3v) is 6.13. The fourth-order valence-electron chi connectivity index (χ4n) is 2.45. The molecule has 1 N–H and O–H groups in total. The van der Waals surface area contributed by atoms with Crippen molar-refractivity contribution < 1.29 is 0 Å². The van der Waals surface area contributed by atoms with Crippen LogP contribution in [0, 0.1) is 0 Å². The number of hydrogen-bond donors (Lipinski definition) is 1. The zero-order valence-corrected chi connectivity index (χ0v) is 12.9. The minimum atomic E-state index is 0.456. The maximum absolute atomic E-state index is 4.72. The van der Waals surface area contributed by atoms with E-state index in [1.165, 1.54) is 19.3 Å². The molecule has 1 fully saturated rings. The SMILES string of the molecule is Br[C@@H]1CCC[C@H]2N=C(N/N=C\c3ccccc3)S[C@@H]12. The molecular weight excluding hydrogens is 322 g/mol. The second-order valence-corrected chi connectivity index (χ2v) is 7.15. The molecule has 19 heavy (non-hydrogen) atoms. The van der Waals surface area contributed by atoms with Crippen molar-refractivity contribution in [2.75, 3.05) is 0 Å². The Morgan fingerprint density at radius 1 is 1.32 bits per heavy atom. The first-order valence-corrected chi connectivity index (χ1v) is 8.35. The van der Waals surface area contributed by atoms with Gasteiger partial charge in [0.2, 0.25) is 0 Å². The zero-order valence-electron chi connectivity index (χ0n) is 10.5. The van der Waals surface area contributed by atoms with Crippen LogP contribution in [0.25, 0.3) is 0 Å². The molecule has 1 saturated carbocycles. The van der Waals surface area contributed by atoms with E-state index in [-0.39, 0.29) is 0 Å². The van der Waals surface area contributed by atoms with Gasteiger partial charge < -0.3 is 0 Å². The molecule has 5 heteroatoms. The molecule has 3 nitrogen and oxygen atoms in total. The lowest BCUT2D eigenvalue weighted by Crippen LogP contribution is -2.31. The zero-order chi connectivity index (χ0) is 13.1. The molecule has 1 heterocycles. The van der Waals surface area contributed by atoms with Gasteiger partial charge >= 0.3 is 0 Å². The lowest BCUT2D eigenvalue weighted by Gasteiger charge is -2.27. The van der Waals surface area contributed by atoms with Crippen molar-refractivity contribution in [3.05, 3.63) is 35.9 Å². The van der Waals surface area contributed by atoms with Crippen molar-refractivity contribution in [3.8, 4) is 0 Å². The van der Waals surface area contributed by atoms with Gasteiger partial charge in [-0.15, -0.1) is 0 Å². The van der Waals surface area contributed by atoms with E-state index in [4.69, 9.17) is 4.99 Å². The van der Waals surface area contributed by atoms with Crippen LogP contribution in [0.1, 0.15) is 24.8 Å². The molecule has 0 radical (unpaired) electrons. The van der Waals surface area contributed by atoms with E-state index in [1.807, 2.05) is 48.3 Å². The Morgan fingerprint density at radius 2 is 2.16 bits per heavy atom. The fourth-order valence-corrected chi connectivity index (χ4v) is 4.65. The summed E-state index contributed by atoms with van der Waals surface area (Å²) < 4.78 is 0. The van der Waals surface area contributed by atoms with Gasteiger partial charge in [-0.3, -0.25) is 10.4 Å². The Labute approximate surface area is 126 Å². The lowest BCUT2D eigenvalue weighted by molar-refractivity contribution is 0.475. The van der Waals surface area contributed by atoms with Crippen molar-refractivity contribution in [2.24, 2.45) is 10.1 Å². The van der Waals surface area contributed by atoms with Crippen LogP contribution in [0.4, 0.5) is 0 Å². The number of nitrogens with zero attached hydrogens (tertiary/aromatic N) is 2. The van der Waals surface area contributed by atoms with Crippen molar-refractivity contribution >= 4 is 39.1 Å². The monoisotopic (exact) mass is 337 g/mol. The lowest BCUT2D eigenvalue weighted by atomic mass is 9.95. The van der Waals surface area contributed by atoms with Crippen molar-refractivity contribution in [1.29, 1.82) is 0 Å². The highest BCUT2D eigenvalue weighted by Crippen LogP contribution is 2.39. The van der Waals surface area contributed by atoms with Gasteiger partial charge in [0, 0.05) is 10.1 Å². The Kier molecular flexibility index (Phi) is 4.23. The number of hydrogen-bond acceptors (Lipinski definition) is 4. The van der Waals surface area contributed by atoms with E-state index in [0.29, 0.717) is 16.1 Å². The summed E-state index contributed by atoms with van der Waals surface area (Å²) in [6.07, 6.45) is 5.55. The molecular formula is C14H16BrN3S. The van der Waals surface area contributed by atoms with Crippen LogP contribution >= 0.6 is 27.7 Å². The minimum absolute atomic E-state index is 0.456. The normalized spacial score (nSPS) is 30.2. The van der Waals surface area contributed by atoms with Gasteiger partial charge in [-0.05, 0) is 18.4 Å². The smallest absolute Gasteiger partial charge is 0.177 e. The molecule has 3 atom stereocenters. The number of benzene rings is 1. The summed E-state index contributed by atoms with van der Waals surface area (Å²) in [6, 6.07) is 10.5. The van der Waals surface area contributed by atoms with E-state index >= 15 is 0 Å². The van der Waals surface area contributed by atoms with Crippen molar-refractivity contribution in [2.45, 2.75) is 35.4 Å². The highest BCUT2D eigenvalue weighted by atomic mass is 79.9. The molecule has 0 spiro atoms. The van der Waals surface area contributed by atoms with Gasteiger partial charge in [0.25, 0.3) is 0 Å². The third-order valence-electron chi connectivity index (χ3n) is 3.42. The summed E-state index contributed by atoms with van der Waals surface area (Å²) >= 11 is 5.58. The van der Waals surface area contributed by atoms with Crippen LogP contribution in [0.15, 0.2) is 40.4 Å². The van der Waals surface area contributed by atoms with E-state index in [2.05, 4.69) is 26.5 Å². The van der Waals surface area contributed by atoms with Gasteiger partial charge in [0.05, 0.1) is 12.3 Å². The maximum Gasteiger partial charge on any atom is 0.177 e. The minimum Gasteiger partial charge on any atom is -0.257 e. The standard InChI is InChI=1S/C14H16BrN3S/c15-11-7-4-8-12-13(11)19-14(17-12)18-16-9-10-5-2-1-3-6-10/h1-3,5-6,9,11-13H,4,7-8H2,(H,17,18)/b16-9-/t11-,12-,13+/m1/s1. The van der Waals surface area contributed by atoms with Gasteiger partial charge in [-0.2, -0.15) is 5.10 Å². The van der Waals surface area contributed by atoms with Gasteiger partial charge in [0.1, 0.15) is 0 Å². The van der Waals surface area contributed by atoms with E-state index < -0.39 is 0 Å². The first kappa shape index (κ1) is 13.2. The number of amidine groups is 1. The summed E-state index contributed by atoms with van der Waals surface area (Å²) in [4.78, 5) is 5.30. The largest absolute Gasteiger partial charge is 0.257 e. The summed E-state index contributed by atoms with van der Waals surface area (Å²) in [5, 5.41) is 5.79. The Balaban J connectivity index is 1.58. The molecule has 1 aromatic rings. The Hall–Kier alpha value is -0.810. The number of rotatable bonds is 2. The van der Waals surface area contributed by atoms with Crippen LogP contribution < -0.4 is 5.43 Å². The molecule has 0 amide bonds. The van der Waals surface area contributed by atoms with Crippen LogP contribution in [0.5, 0.6) is 0 Å². The number of halogens is 1. The number of fused-ring (bicyclic) bond motifs is 1. The van der Waals surface area contributed by atoms with Gasteiger partial charge in [-0.1, -0.05) is 64.4 Å². The predicted molar refractivity (Wildman–Crippen MR) is 86.3 cm³/mol. The number of aliphatic imine (C=N–C) groups is 1. The summed E-state index contributed by atoms with van der Waals surface area (Å²) in [7, 11) is 0. The highest BCUT2D eigenvalue weighted by Gasteiger charge is 2.37. The highest BCUT2D eigenvalue weighted by molar-refractivity contribution is 9.09. The first-order chi connectivity index (χ1) is 9.33. The van der Waals surface area contributed by atoms with Gasteiger partial charge in [0.15, 0.2) is 5.17 Å². The molecule has 3 rings (SSSR count). The molecule has 0 unspecified atom stereocenters. The van der Waals surface area contributed by atoms with Gasteiger partial charge in [-0.25, -0.2) is 0 Å². The maximum atomic E-state index is 4.72. The molecule has 100 valence electrons. The molecule has 1 aliphatic heterocycles. The van der Waals surface area contributed by atoms with E-state index in [1.54, 1.807) is 0 Å². The number of hydrazone groups is 1. The number of nitrogens with one attached hydrogen (secondary N) is 1. The van der Waals surface area contributed by atoms with Crippen LogP contribution in [0.3, 0.4) is 0 Å². The van der Waals surface area contributed by atoms with Crippen LogP contribution in [-0.4, -0.2) is 27.5 Å². The second kappa shape index (κ2) is 6.09. The van der Waals surface area contributed by atoms with Crippen molar-refractivity contribution in [1.82, 2.24) is 5.43 Å². The van der Waals surface area contributed by atoms with Crippen LogP contribution in [0.2, 0.25) is 0 Å². The predicted octanol–water partition coefficient (Wildman–Crippen LogP) is 3.40. The molecule has 0 saturated heterocycles. The first-order valence-electron chi connectivity index (χ1n) is 6.55. The third kappa shape index (κ3) is 3.20. The fraction of sp³-hybridized carbons (Fsp3) is 0.429. The Bertz CT molecular complexity index is 489. The topological polar surface area (TPSA) is 36.8 Å². The van der Waals surface area contributed by atoms with E-state index in [0.717, 1.165) is 10.7 Å². The Morgan fingerprint density at radius 3 is 2.95 bits per heavy atom. The number of alkyl halides is 1. The number of thioether (sulfide) groups is 1. The average molecular weight is 338 g/mol.